The number of hydrogen-bond acceptors (Lipinski definition) is 8. The molecule has 0 saturated heterocycles. The maximum atomic E-state index is 13.7. The molecule has 92 heavy (non-hydrogen) atoms. The van der Waals surface area contributed by atoms with Crippen molar-refractivity contribution in [3.63, 3.8) is 0 Å². The summed E-state index contributed by atoms with van der Waals surface area (Å²) in [6.45, 7) is 13.0. The molecule has 0 rings (SSSR count). The minimum Gasteiger partial charge on any atom is -0.461 e. The number of unbranched alkanes of at least 4 members (excludes halogenated alkanes) is 30. The number of ether oxygens (including phenoxy) is 1. The van der Waals surface area contributed by atoms with Gasteiger partial charge in [-0.3, -0.25) is 14.4 Å². The zero-order valence-electron chi connectivity index (χ0n) is 62.0. The van der Waals surface area contributed by atoms with Crippen molar-refractivity contribution in [3.8, 4) is 0 Å². The predicted octanol–water partition coefficient (Wildman–Crippen LogP) is 25.6. The highest BCUT2D eigenvalue weighted by atomic mass is 32.2. The van der Waals surface area contributed by atoms with Gasteiger partial charge in [-0.05, 0) is 181 Å². The van der Waals surface area contributed by atoms with Gasteiger partial charge in [0, 0.05) is 50.0 Å². The molecule has 0 radical (unpaired) electrons. The molecule has 0 aliphatic carbocycles. The van der Waals surface area contributed by atoms with Crippen molar-refractivity contribution in [2.45, 2.75) is 336 Å². The van der Waals surface area contributed by atoms with E-state index in [-0.39, 0.29) is 17.1 Å². The third kappa shape index (κ3) is 64.7. The van der Waals surface area contributed by atoms with Crippen LogP contribution in [0.15, 0.2) is 85.1 Å². The minimum absolute atomic E-state index is 0.0928. The van der Waals surface area contributed by atoms with E-state index in [0.29, 0.717) is 30.0 Å². The van der Waals surface area contributed by atoms with Gasteiger partial charge in [-0.1, -0.05) is 297 Å². The van der Waals surface area contributed by atoms with Gasteiger partial charge in [0.2, 0.25) is 0 Å². The molecular formula is C83H151N3O4S2. The largest absolute Gasteiger partial charge is 0.461 e. The van der Waals surface area contributed by atoms with Crippen LogP contribution in [-0.2, 0) is 14.3 Å². The first kappa shape index (κ1) is 89.4. The van der Waals surface area contributed by atoms with Crippen molar-refractivity contribution in [1.82, 2.24) is 14.7 Å². The standard InChI is InChI=1S/C83H151N3O4S2/c1-9-13-17-21-25-28-31-32-33-34-35-36-39-42-47-57-68-80(82(88)91-76-73-84(5)6)69-58-50-49-56-66-78(64-54-45-40-37-29-26-22-18-14-10-2)79(65-55-46-41-38-30-27-23-19-15-11-3)67-59-53-62-72-86(83(89)92-77-74-85(7)8)71-61-51-44-48-60-70-81(87)90-75-63-52-43-24-20-16-12-4/h28-31,33-34,37-38,45-46,52,54-55,63,78-80H,9-27,32,35-36,39-44,47-51,53,56-62,64-77H2,1-8H3/b31-28-,34-33-,37-29-,38-30-,54-45-,55-46-,63-52-. The van der Waals surface area contributed by atoms with Crippen LogP contribution in [0.2, 0.25) is 0 Å². The molecule has 0 aliphatic heterocycles. The molecule has 3 unspecified atom stereocenters. The number of allylic oxidation sites excluding steroid dienone is 13. The number of carbonyl (C=O) groups excluding carboxylic acids is 3. The first-order chi connectivity index (χ1) is 45.1. The lowest BCUT2D eigenvalue weighted by Crippen LogP contribution is -2.30. The van der Waals surface area contributed by atoms with Crippen LogP contribution in [0.4, 0.5) is 4.79 Å². The first-order valence-corrected chi connectivity index (χ1v) is 41.1. The molecule has 7 nitrogen and oxygen atoms in total. The number of thioether (sulfide) groups is 2. The molecule has 0 bridgehead atoms. The number of rotatable bonds is 69. The van der Waals surface area contributed by atoms with E-state index in [1.165, 1.54) is 211 Å². The molecule has 0 heterocycles. The quantitative estimate of drug-likeness (QED) is 0.0339. The Kier molecular flexibility index (Phi) is 70.6. The highest BCUT2D eigenvalue weighted by Gasteiger charge is 2.22. The van der Waals surface area contributed by atoms with E-state index in [2.05, 4.69) is 150 Å². The summed E-state index contributed by atoms with van der Waals surface area (Å²) in [6.07, 6.45) is 89.8. The SMILES string of the molecule is CCCCCC/C=C\C/C=C\CCCCCCCC(CCCCCCC(C/C=C\C/C=C\CCCCCC)C(C/C=C\C/C=C\CCCCCC)CCCCCN(CCCCCCCC(=O)OC/C=C\CCCCCC)C(=O)SCCN(C)C)C(=O)SCCN(C)C. The summed E-state index contributed by atoms with van der Waals surface area (Å²) in [6, 6.07) is 0. The minimum atomic E-state index is -0.0928. The van der Waals surface area contributed by atoms with Gasteiger partial charge >= 0.3 is 5.97 Å². The molecule has 0 N–H and O–H groups in total. The average molecular weight is 1320 g/mol. The Hall–Kier alpha value is -2.59. The number of hydrogen-bond donors (Lipinski definition) is 0. The normalized spacial score (nSPS) is 13.4. The molecule has 9 heteroatoms. The predicted molar refractivity (Wildman–Crippen MR) is 414 cm³/mol. The van der Waals surface area contributed by atoms with Crippen molar-refractivity contribution < 1.29 is 19.1 Å². The number of esters is 1. The molecule has 0 saturated carbocycles. The number of amides is 1. The summed E-state index contributed by atoms with van der Waals surface area (Å²) < 4.78 is 5.45. The third-order valence-corrected chi connectivity index (χ3v) is 19.9. The van der Waals surface area contributed by atoms with Crippen molar-refractivity contribution in [2.24, 2.45) is 17.8 Å². The molecule has 0 aromatic rings. The van der Waals surface area contributed by atoms with E-state index >= 15 is 0 Å². The van der Waals surface area contributed by atoms with E-state index in [9.17, 15) is 14.4 Å². The zero-order chi connectivity index (χ0) is 67.1. The first-order valence-electron chi connectivity index (χ1n) is 39.2. The Morgan fingerprint density at radius 3 is 1.11 bits per heavy atom. The fourth-order valence-electron chi connectivity index (χ4n) is 11.9. The molecule has 0 spiro atoms. The third-order valence-electron chi connectivity index (χ3n) is 18.0. The molecular weight excluding hydrogens is 1170 g/mol. The summed E-state index contributed by atoms with van der Waals surface area (Å²) >= 11 is 3.08. The highest BCUT2D eigenvalue weighted by Crippen LogP contribution is 2.32. The lowest BCUT2D eigenvalue weighted by Gasteiger charge is -2.27. The highest BCUT2D eigenvalue weighted by molar-refractivity contribution is 8.13. The van der Waals surface area contributed by atoms with Gasteiger partial charge < -0.3 is 19.4 Å². The Morgan fingerprint density at radius 2 is 0.685 bits per heavy atom. The molecule has 1 amide bonds. The van der Waals surface area contributed by atoms with Gasteiger partial charge in [0.25, 0.3) is 5.24 Å². The van der Waals surface area contributed by atoms with Crippen LogP contribution < -0.4 is 0 Å². The maximum absolute atomic E-state index is 13.7. The van der Waals surface area contributed by atoms with Crippen LogP contribution in [-0.4, -0.2) is 104 Å². The Bertz CT molecular complexity index is 1820. The summed E-state index contributed by atoms with van der Waals surface area (Å²) in [5.41, 5.74) is 0. The second-order valence-corrected chi connectivity index (χ2v) is 29.5. The van der Waals surface area contributed by atoms with Gasteiger partial charge in [0.1, 0.15) is 6.61 Å². The fraction of sp³-hybridized carbons (Fsp3) is 0.795. The molecule has 0 fully saturated rings. The van der Waals surface area contributed by atoms with Crippen LogP contribution in [0.1, 0.15) is 336 Å². The maximum Gasteiger partial charge on any atom is 0.306 e. The Balaban J connectivity index is 5.88. The lowest BCUT2D eigenvalue weighted by molar-refractivity contribution is -0.142. The van der Waals surface area contributed by atoms with Gasteiger partial charge in [-0.25, -0.2) is 0 Å². The number of nitrogens with zero attached hydrogens (tertiary/aromatic N) is 3. The van der Waals surface area contributed by atoms with Gasteiger partial charge in [-0.2, -0.15) is 0 Å². The van der Waals surface area contributed by atoms with E-state index < -0.39 is 0 Å². The number of carbonyl (C=O) groups is 3. The van der Waals surface area contributed by atoms with Crippen molar-refractivity contribution in [2.75, 3.05) is 72.5 Å². The van der Waals surface area contributed by atoms with E-state index in [0.717, 1.165) is 140 Å². The van der Waals surface area contributed by atoms with E-state index in [1.807, 2.05) is 6.08 Å². The van der Waals surface area contributed by atoms with Crippen LogP contribution >= 0.6 is 23.5 Å². The van der Waals surface area contributed by atoms with Crippen molar-refractivity contribution in [3.05, 3.63) is 85.1 Å². The summed E-state index contributed by atoms with van der Waals surface area (Å²) in [5.74, 6) is 3.06. The lowest BCUT2D eigenvalue weighted by atomic mass is 9.79. The van der Waals surface area contributed by atoms with Crippen LogP contribution in [0.3, 0.4) is 0 Å². The van der Waals surface area contributed by atoms with Gasteiger partial charge in [0.05, 0.1) is 0 Å². The van der Waals surface area contributed by atoms with Crippen molar-refractivity contribution >= 4 is 39.8 Å². The Labute approximate surface area is 581 Å². The molecule has 0 aliphatic rings. The zero-order valence-corrected chi connectivity index (χ0v) is 63.6. The molecule has 534 valence electrons. The topological polar surface area (TPSA) is 70.2 Å². The Morgan fingerprint density at radius 1 is 0.348 bits per heavy atom. The molecule has 3 atom stereocenters. The fourth-order valence-corrected chi connectivity index (χ4v) is 14.0. The molecule has 0 aromatic heterocycles. The van der Waals surface area contributed by atoms with E-state index in [4.69, 9.17) is 4.74 Å². The van der Waals surface area contributed by atoms with Crippen LogP contribution in [0, 0.1) is 17.8 Å². The van der Waals surface area contributed by atoms with Gasteiger partial charge in [-0.15, -0.1) is 0 Å². The summed E-state index contributed by atoms with van der Waals surface area (Å²) in [7, 11) is 8.38. The summed E-state index contributed by atoms with van der Waals surface area (Å²) in [5, 5.41) is 0.668. The second kappa shape index (κ2) is 72.7. The van der Waals surface area contributed by atoms with Gasteiger partial charge in [0.15, 0.2) is 5.12 Å². The van der Waals surface area contributed by atoms with Crippen LogP contribution in [0.5, 0.6) is 0 Å². The van der Waals surface area contributed by atoms with Crippen LogP contribution in [0.25, 0.3) is 0 Å². The molecule has 0 aromatic carbocycles. The summed E-state index contributed by atoms with van der Waals surface area (Å²) in [4.78, 5) is 46.3. The monoisotopic (exact) mass is 1320 g/mol. The second-order valence-electron chi connectivity index (χ2n) is 27.4. The van der Waals surface area contributed by atoms with Crippen molar-refractivity contribution in [1.29, 1.82) is 0 Å². The van der Waals surface area contributed by atoms with E-state index in [1.54, 1.807) is 11.8 Å². The average Bonchev–Trinajstić information content (AvgIpc) is 3.24. The smallest absolute Gasteiger partial charge is 0.306 e.